The number of amides is 3. The topological polar surface area (TPSA) is 79.4 Å². The van der Waals surface area contributed by atoms with Crippen molar-refractivity contribution in [2.75, 3.05) is 11.9 Å². The zero-order valence-electron chi connectivity index (χ0n) is 14.0. The third-order valence-corrected chi connectivity index (χ3v) is 5.61. The second kappa shape index (κ2) is 7.55. The molecule has 1 aliphatic carbocycles. The summed E-state index contributed by atoms with van der Waals surface area (Å²) in [4.78, 5) is 43.6. The summed E-state index contributed by atoms with van der Waals surface area (Å²) in [6.45, 7) is 0.0727. The minimum atomic E-state index is -0.335. The highest BCUT2D eigenvalue weighted by Gasteiger charge is 2.35. The van der Waals surface area contributed by atoms with E-state index >= 15 is 0 Å². The van der Waals surface area contributed by atoms with Gasteiger partial charge in [0.25, 0.3) is 11.8 Å². The number of carbonyl (C=O) groups is 3. The Morgan fingerprint density at radius 2 is 1.77 bits per heavy atom. The first kappa shape index (κ1) is 18.5. The van der Waals surface area contributed by atoms with Gasteiger partial charge in [0, 0.05) is 17.8 Å². The molecule has 0 bridgehead atoms. The molecular formula is C18H18ClN3O3S. The molecule has 0 spiro atoms. The van der Waals surface area contributed by atoms with Gasteiger partial charge in [0.2, 0.25) is 5.91 Å². The van der Waals surface area contributed by atoms with Gasteiger partial charge in [0.15, 0.2) is 5.13 Å². The van der Waals surface area contributed by atoms with E-state index in [9.17, 15) is 14.4 Å². The van der Waals surface area contributed by atoms with E-state index in [0.717, 1.165) is 29.9 Å². The first-order valence-electron chi connectivity index (χ1n) is 8.37. The molecular weight excluding hydrogens is 374 g/mol. The highest BCUT2D eigenvalue weighted by molar-refractivity contribution is 7.15. The number of benzene rings is 1. The summed E-state index contributed by atoms with van der Waals surface area (Å²) < 4.78 is 0. The smallest absolute Gasteiger partial charge is 0.261 e. The number of fused-ring (bicyclic) bond motifs is 2. The number of hydrogen-bond donors (Lipinski definition) is 1. The normalized spacial score (nSPS) is 15.3. The molecule has 26 heavy (non-hydrogen) atoms. The van der Waals surface area contributed by atoms with Crippen LogP contribution in [0.1, 0.15) is 50.5 Å². The molecule has 2 aromatic rings. The lowest BCUT2D eigenvalue weighted by molar-refractivity contribution is -0.116. The molecule has 1 aromatic heterocycles. The van der Waals surface area contributed by atoms with E-state index < -0.39 is 0 Å². The van der Waals surface area contributed by atoms with Crippen molar-refractivity contribution in [2.45, 2.75) is 32.1 Å². The van der Waals surface area contributed by atoms with Crippen molar-refractivity contribution in [3.8, 4) is 0 Å². The van der Waals surface area contributed by atoms with Gasteiger partial charge in [-0.25, -0.2) is 4.98 Å². The van der Waals surface area contributed by atoms with Crippen LogP contribution in [0.25, 0.3) is 0 Å². The van der Waals surface area contributed by atoms with Crippen molar-refractivity contribution in [3.63, 3.8) is 0 Å². The largest absolute Gasteiger partial charge is 0.302 e. The van der Waals surface area contributed by atoms with Gasteiger partial charge in [-0.2, -0.15) is 0 Å². The zero-order valence-corrected chi connectivity index (χ0v) is 15.6. The third-order valence-electron chi connectivity index (χ3n) is 4.53. The van der Waals surface area contributed by atoms with Crippen molar-refractivity contribution < 1.29 is 14.4 Å². The summed E-state index contributed by atoms with van der Waals surface area (Å²) >= 11 is 1.52. The Bertz CT molecular complexity index is 822. The van der Waals surface area contributed by atoms with Crippen LogP contribution in [0.3, 0.4) is 0 Å². The highest BCUT2D eigenvalue weighted by Crippen LogP contribution is 2.29. The van der Waals surface area contributed by atoms with Crippen LogP contribution in [-0.4, -0.2) is 34.2 Å². The molecule has 2 aliphatic rings. The number of hydrogen-bond acceptors (Lipinski definition) is 5. The molecule has 1 aromatic carbocycles. The lowest BCUT2D eigenvalue weighted by Crippen LogP contribution is -2.32. The molecule has 0 atom stereocenters. The highest BCUT2D eigenvalue weighted by atomic mass is 35.5. The molecule has 136 valence electrons. The summed E-state index contributed by atoms with van der Waals surface area (Å²) in [6, 6.07) is 6.72. The zero-order chi connectivity index (χ0) is 17.4. The predicted octanol–water partition coefficient (Wildman–Crippen LogP) is 3.07. The van der Waals surface area contributed by atoms with Crippen LogP contribution in [0.5, 0.6) is 0 Å². The number of nitrogens with zero attached hydrogens (tertiary/aromatic N) is 2. The van der Waals surface area contributed by atoms with Crippen LogP contribution in [0.2, 0.25) is 0 Å². The number of aromatic nitrogens is 1. The van der Waals surface area contributed by atoms with Gasteiger partial charge in [0.05, 0.1) is 16.8 Å². The molecule has 0 saturated heterocycles. The molecule has 8 heteroatoms. The van der Waals surface area contributed by atoms with Gasteiger partial charge >= 0.3 is 0 Å². The number of thiazole rings is 1. The van der Waals surface area contributed by atoms with Gasteiger partial charge in [-0.3, -0.25) is 19.3 Å². The predicted molar refractivity (Wildman–Crippen MR) is 101 cm³/mol. The Kier molecular flexibility index (Phi) is 5.38. The Balaban J connectivity index is 0.00000196. The summed E-state index contributed by atoms with van der Waals surface area (Å²) in [6.07, 6.45) is 4.37. The van der Waals surface area contributed by atoms with Crippen LogP contribution in [0.15, 0.2) is 24.3 Å². The second-order valence-corrected chi connectivity index (χ2v) is 7.29. The molecule has 0 saturated carbocycles. The molecule has 6 nitrogen and oxygen atoms in total. The maximum absolute atomic E-state index is 12.3. The SMILES string of the molecule is Cl.O=C(CCN1C(=O)c2ccccc2C1=O)Nc1nc2c(s1)CCCC2. The number of rotatable bonds is 4. The maximum atomic E-state index is 12.3. The van der Waals surface area contributed by atoms with Crippen LogP contribution in [0.4, 0.5) is 5.13 Å². The number of halogens is 1. The minimum Gasteiger partial charge on any atom is -0.302 e. The van der Waals surface area contributed by atoms with E-state index in [1.165, 1.54) is 22.6 Å². The van der Waals surface area contributed by atoms with Crippen molar-refractivity contribution >= 4 is 46.6 Å². The first-order valence-corrected chi connectivity index (χ1v) is 9.19. The molecule has 3 amide bonds. The number of anilines is 1. The maximum Gasteiger partial charge on any atom is 0.261 e. The lowest BCUT2D eigenvalue weighted by Gasteiger charge is -2.12. The van der Waals surface area contributed by atoms with Crippen LogP contribution >= 0.6 is 23.7 Å². The van der Waals surface area contributed by atoms with Gasteiger partial charge in [0.1, 0.15) is 0 Å². The average molecular weight is 392 g/mol. The minimum absolute atomic E-state index is 0. The lowest BCUT2D eigenvalue weighted by atomic mass is 10.0. The molecule has 1 aliphatic heterocycles. The summed E-state index contributed by atoms with van der Waals surface area (Å²) in [7, 11) is 0. The molecule has 0 radical (unpaired) electrons. The number of carbonyl (C=O) groups excluding carboxylic acids is 3. The fourth-order valence-corrected chi connectivity index (χ4v) is 4.31. The van der Waals surface area contributed by atoms with E-state index in [4.69, 9.17) is 0 Å². The standard InChI is InChI=1S/C18H17N3O3S.ClH/c22-15(20-18-19-13-7-3-4-8-14(13)25-18)9-10-21-16(23)11-5-1-2-6-12(11)17(21)24;/h1-2,5-6H,3-4,7-10H2,(H,19,20,22);1H. The Morgan fingerprint density at radius 3 is 2.42 bits per heavy atom. The molecule has 2 heterocycles. The summed E-state index contributed by atoms with van der Waals surface area (Å²) in [5.74, 6) is -0.904. The third kappa shape index (κ3) is 3.37. The van der Waals surface area contributed by atoms with Crippen LogP contribution in [-0.2, 0) is 17.6 Å². The quantitative estimate of drug-likeness (QED) is 0.812. The van der Waals surface area contributed by atoms with Crippen molar-refractivity contribution in [2.24, 2.45) is 0 Å². The second-order valence-electron chi connectivity index (χ2n) is 6.20. The van der Waals surface area contributed by atoms with Gasteiger partial charge in [-0.15, -0.1) is 23.7 Å². The van der Waals surface area contributed by atoms with Crippen LogP contribution in [0, 0.1) is 0 Å². The van der Waals surface area contributed by atoms with Crippen molar-refractivity contribution in [1.29, 1.82) is 0 Å². The summed E-state index contributed by atoms with van der Waals surface area (Å²) in [5.41, 5.74) is 1.90. The van der Waals surface area contributed by atoms with Crippen LogP contribution < -0.4 is 5.32 Å². The fraction of sp³-hybridized carbons (Fsp3) is 0.333. The van der Waals surface area contributed by atoms with Gasteiger partial charge in [-0.05, 0) is 37.8 Å². The summed E-state index contributed by atoms with van der Waals surface area (Å²) in [5, 5.41) is 3.40. The Morgan fingerprint density at radius 1 is 1.12 bits per heavy atom. The van der Waals surface area contributed by atoms with E-state index in [-0.39, 0.29) is 43.1 Å². The monoisotopic (exact) mass is 391 g/mol. The van der Waals surface area contributed by atoms with E-state index in [1.54, 1.807) is 24.3 Å². The van der Waals surface area contributed by atoms with E-state index in [2.05, 4.69) is 10.3 Å². The number of nitrogens with one attached hydrogen (secondary N) is 1. The fourth-order valence-electron chi connectivity index (χ4n) is 3.24. The molecule has 1 N–H and O–H groups in total. The molecule has 4 rings (SSSR count). The van der Waals surface area contributed by atoms with Crippen molar-refractivity contribution in [3.05, 3.63) is 46.0 Å². The average Bonchev–Trinajstić information content (AvgIpc) is 3.13. The van der Waals surface area contributed by atoms with Gasteiger partial charge < -0.3 is 5.32 Å². The van der Waals surface area contributed by atoms with E-state index in [0.29, 0.717) is 16.3 Å². The number of aryl methyl sites for hydroxylation is 2. The molecule has 0 fully saturated rings. The first-order chi connectivity index (χ1) is 12.1. The van der Waals surface area contributed by atoms with Gasteiger partial charge in [-0.1, -0.05) is 12.1 Å². The molecule has 0 unspecified atom stereocenters. The Hall–Kier alpha value is -2.25. The van der Waals surface area contributed by atoms with Crippen molar-refractivity contribution in [1.82, 2.24) is 9.88 Å². The number of imide groups is 1. The Labute approximate surface area is 161 Å². The van der Waals surface area contributed by atoms with E-state index in [1.807, 2.05) is 0 Å².